The summed E-state index contributed by atoms with van der Waals surface area (Å²) in [5, 5.41) is 15.3. The van der Waals surface area contributed by atoms with Gasteiger partial charge in [-0.1, -0.05) is 6.92 Å². The van der Waals surface area contributed by atoms with Crippen LogP contribution in [0.4, 0.5) is 0 Å². The number of ether oxygens (including phenoxy) is 2. The van der Waals surface area contributed by atoms with Crippen molar-refractivity contribution in [1.29, 1.82) is 0 Å². The Balaban J connectivity index is 1.34. The molecule has 6 heteroatoms. The van der Waals surface area contributed by atoms with Gasteiger partial charge in [0.25, 0.3) is 0 Å². The molecule has 196 valence electrons. The quantitative estimate of drug-likeness (QED) is 0.541. The van der Waals surface area contributed by atoms with Gasteiger partial charge in [-0.2, -0.15) is 5.10 Å². The van der Waals surface area contributed by atoms with Crippen molar-refractivity contribution in [2.24, 2.45) is 40.4 Å². The summed E-state index contributed by atoms with van der Waals surface area (Å²) in [5.74, 6) is 3.86. The van der Waals surface area contributed by atoms with Crippen LogP contribution in [0.15, 0.2) is 12.4 Å². The van der Waals surface area contributed by atoms with Crippen LogP contribution >= 0.6 is 0 Å². The fourth-order valence-corrected chi connectivity index (χ4v) is 9.50. The molecule has 4 aliphatic carbocycles. The van der Waals surface area contributed by atoms with E-state index < -0.39 is 5.60 Å². The topological polar surface area (TPSA) is 73.6 Å². The van der Waals surface area contributed by atoms with Crippen molar-refractivity contribution in [3.05, 3.63) is 12.4 Å². The third-order valence-corrected chi connectivity index (χ3v) is 11.1. The van der Waals surface area contributed by atoms with Crippen LogP contribution in [0, 0.1) is 40.4 Å². The van der Waals surface area contributed by atoms with Crippen molar-refractivity contribution in [2.75, 3.05) is 20.3 Å². The molecule has 35 heavy (non-hydrogen) atoms. The Morgan fingerprint density at radius 1 is 1.14 bits per heavy atom. The fourth-order valence-electron chi connectivity index (χ4n) is 9.50. The van der Waals surface area contributed by atoms with Crippen molar-refractivity contribution >= 4 is 5.78 Å². The number of carbonyl (C=O) groups excluding carboxylic acids is 1. The zero-order chi connectivity index (χ0) is 24.8. The molecule has 0 bridgehead atoms. The molecule has 1 N–H and O–H groups in total. The largest absolute Gasteiger partial charge is 0.491 e. The van der Waals surface area contributed by atoms with E-state index in [0.717, 1.165) is 50.9 Å². The average Bonchev–Trinajstić information content (AvgIpc) is 3.41. The van der Waals surface area contributed by atoms with Crippen LogP contribution in [0.5, 0.6) is 5.75 Å². The number of methoxy groups -OCH3 is 1. The van der Waals surface area contributed by atoms with Crippen LogP contribution in [0.1, 0.15) is 85.0 Å². The first-order valence-corrected chi connectivity index (χ1v) is 14.1. The second-order valence-electron chi connectivity index (χ2n) is 12.8. The molecule has 0 amide bonds. The number of fused-ring (bicyclic) bond motifs is 5. The van der Waals surface area contributed by atoms with E-state index in [-0.39, 0.29) is 11.3 Å². The molecule has 0 unspecified atom stereocenters. The van der Waals surface area contributed by atoms with E-state index in [0.29, 0.717) is 48.0 Å². The number of Topliss-reactive ketones (excluding diaryl/α,β-unsaturated/α-hetero) is 1. The van der Waals surface area contributed by atoms with Crippen LogP contribution in [-0.2, 0) is 16.1 Å². The molecular formula is C29H46N2O4. The molecule has 0 aliphatic heterocycles. The number of hydrogen-bond donors (Lipinski definition) is 1. The Labute approximate surface area is 211 Å². The summed E-state index contributed by atoms with van der Waals surface area (Å²) in [6.07, 6.45) is 14.7. The zero-order valence-electron chi connectivity index (χ0n) is 22.3. The van der Waals surface area contributed by atoms with Gasteiger partial charge in [0.2, 0.25) is 0 Å². The summed E-state index contributed by atoms with van der Waals surface area (Å²) in [4.78, 5) is 13.6. The SMILES string of the molecule is CCOc1cnn(CC(=O)[C@H]2CC[C@H]3[C@@H]4CC[C@@H]5C[C@](C)(O)CC[C@]5(CCOC)[C@H]4CC[C@]23C)c1. The highest BCUT2D eigenvalue weighted by atomic mass is 16.5. The Hall–Kier alpha value is -1.40. The molecule has 0 spiro atoms. The van der Waals surface area contributed by atoms with Gasteiger partial charge in [-0.25, -0.2) is 0 Å². The molecule has 1 aromatic rings. The van der Waals surface area contributed by atoms with E-state index >= 15 is 0 Å². The Morgan fingerprint density at radius 3 is 2.74 bits per heavy atom. The summed E-state index contributed by atoms with van der Waals surface area (Å²) >= 11 is 0. The van der Waals surface area contributed by atoms with Gasteiger partial charge in [-0.15, -0.1) is 0 Å². The van der Waals surface area contributed by atoms with Gasteiger partial charge in [-0.3, -0.25) is 9.48 Å². The maximum Gasteiger partial charge on any atom is 0.157 e. The lowest BCUT2D eigenvalue weighted by Gasteiger charge is -2.63. The number of ketones is 1. The third-order valence-electron chi connectivity index (χ3n) is 11.1. The number of hydrogen-bond acceptors (Lipinski definition) is 5. The summed E-state index contributed by atoms with van der Waals surface area (Å²) in [6, 6.07) is 0. The molecule has 4 aliphatic rings. The van der Waals surface area contributed by atoms with Crippen LogP contribution in [0.25, 0.3) is 0 Å². The number of aliphatic hydroxyl groups is 1. The van der Waals surface area contributed by atoms with Crippen molar-refractivity contribution < 1.29 is 19.4 Å². The van der Waals surface area contributed by atoms with E-state index in [1.165, 1.54) is 25.7 Å². The molecule has 8 atom stereocenters. The monoisotopic (exact) mass is 486 g/mol. The minimum atomic E-state index is -0.517. The number of nitrogens with zero attached hydrogens (tertiary/aromatic N) is 2. The van der Waals surface area contributed by atoms with E-state index in [9.17, 15) is 9.90 Å². The summed E-state index contributed by atoms with van der Waals surface area (Å²) < 4.78 is 12.9. The van der Waals surface area contributed by atoms with Crippen LogP contribution in [0.3, 0.4) is 0 Å². The summed E-state index contributed by atoms with van der Waals surface area (Å²) in [6.45, 7) is 8.20. The molecular weight excluding hydrogens is 440 g/mol. The molecule has 1 aromatic heterocycles. The maximum atomic E-state index is 13.6. The maximum absolute atomic E-state index is 13.6. The van der Waals surface area contributed by atoms with Gasteiger partial charge in [0.1, 0.15) is 0 Å². The number of rotatable bonds is 8. The number of carbonyl (C=O) groups is 1. The fraction of sp³-hybridized carbons (Fsp3) is 0.862. The normalized spacial score (nSPS) is 42.7. The Morgan fingerprint density at radius 2 is 1.97 bits per heavy atom. The molecule has 5 rings (SSSR count). The lowest BCUT2D eigenvalue weighted by atomic mass is 9.42. The molecule has 4 fully saturated rings. The standard InChI is InChI=1S/C29H46N2O4/c1-5-35-21-17-30-31(18-21)19-26(32)25-9-8-23-22-7-6-20-16-27(2,33)12-13-29(20,14-15-34-4)24(22)10-11-28(23,25)3/h17-18,20,22-25,33H,5-16,19H2,1-4H3/t20-,22+,23+,24+,25-,27-,28+,29-/m1/s1. The molecule has 0 saturated heterocycles. The predicted octanol–water partition coefficient (Wildman–Crippen LogP) is 5.28. The minimum absolute atomic E-state index is 0.101. The third kappa shape index (κ3) is 4.37. The predicted molar refractivity (Wildman–Crippen MR) is 135 cm³/mol. The highest BCUT2D eigenvalue weighted by Gasteiger charge is 2.62. The molecule has 6 nitrogen and oxygen atoms in total. The highest BCUT2D eigenvalue weighted by Crippen LogP contribution is 2.69. The first-order chi connectivity index (χ1) is 16.7. The van der Waals surface area contributed by atoms with Gasteiger partial charge in [0.15, 0.2) is 11.5 Å². The van der Waals surface area contributed by atoms with Gasteiger partial charge >= 0.3 is 0 Å². The molecule has 0 aromatic carbocycles. The molecule has 4 saturated carbocycles. The molecule has 1 heterocycles. The van der Waals surface area contributed by atoms with Crippen molar-refractivity contribution in [3.8, 4) is 5.75 Å². The lowest BCUT2D eigenvalue weighted by molar-refractivity contribution is -0.163. The van der Waals surface area contributed by atoms with E-state index in [1.807, 2.05) is 27.2 Å². The smallest absolute Gasteiger partial charge is 0.157 e. The first-order valence-electron chi connectivity index (χ1n) is 14.1. The van der Waals surface area contributed by atoms with Gasteiger partial charge in [0, 0.05) is 19.6 Å². The summed E-state index contributed by atoms with van der Waals surface area (Å²) in [7, 11) is 1.83. The number of aromatic nitrogens is 2. The van der Waals surface area contributed by atoms with E-state index in [1.54, 1.807) is 10.9 Å². The van der Waals surface area contributed by atoms with Crippen LogP contribution in [0.2, 0.25) is 0 Å². The average molecular weight is 487 g/mol. The second-order valence-corrected chi connectivity index (χ2v) is 12.8. The minimum Gasteiger partial charge on any atom is -0.491 e. The van der Waals surface area contributed by atoms with Crippen molar-refractivity contribution in [3.63, 3.8) is 0 Å². The lowest BCUT2D eigenvalue weighted by Crippen LogP contribution is -2.57. The second kappa shape index (κ2) is 9.48. The van der Waals surface area contributed by atoms with Crippen LogP contribution < -0.4 is 4.74 Å². The van der Waals surface area contributed by atoms with E-state index in [2.05, 4.69) is 12.0 Å². The van der Waals surface area contributed by atoms with Gasteiger partial charge in [0.05, 0.1) is 31.1 Å². The Bertz CT molecular complexity index is 912. The van der Waals surface area contributed by atoms with Gasteiger partial charge < -0.3 is 14.6 Å². The summed E-state index contributed by atoms with van der Waals surface area (Å²) in [5.41, 5.74) is -0.115. The van der Waals surface area contributed by atoms with Crippen LogP contribution in [-0.4, -0.2) is 46.6 Å². The van der Waals surface area contributed by atoms with E-state index in [4.69, 9.17) is 9.47 Å². The first kappa shape index (κ1) is 25.3. The van der Waals surface area contributed by atoms with Crippen molar-refractivity contribution in [1.82, 2.24) is 9.78 Å². The highest BCUT2D eigenvalue weighted by molar-refractivity contribution is 5.82. The van der Waals surface area contributed by atoms with Gasteiger partial charge in [-0.05, 0) is 113 Å². The Kier molecular flexibility index (Phi) is 6.84. The van der Waals surface area contributed by atoms with Crippen molar-refractivity contribution in [2.45, 2.75) is 97.1 Å². The molecule has 0 radical (unpaired) electrons. The zero-order valence-corrected chi connectivity index (χ0v) is 22.3.